The van der Waals surface area contributed by atoms with Crippen molar-refractivity contribution in [3.63, 3.8) is 0 Å². The van der Waals surface area contributed by atoms with Gasteiger partial charge in [-0.15, -0.1) is 0 Å². The van der Waals surface area contributed by atoms with Crippen molar-refractivity contribution in [3.8, 4) is 11.4 Å². The molecular formula is C24H18F3N5O2. The molecule has 1 atom stereocenters. The van der Waals surface area contributed by atoms with Crippen LogP contribution in [0.25, 0.3) is 22.4 Å². The van der Waals surface area contributed by atoms with E-state index in [2.05, 4.69) is 25.0 Å². The first kappa shape index (κ1) is 20.7. The van der Waals surface area contributed by atoms with E-state index in [4.69, 9.17) is 8.94 Å². The Kier molecular flexibility index (Phi) is 4.77. The molecule has 34 heavy (non-hydrogen) atoms. The molecule has 7 nitrogen and oxygen atoms in total. The minimum absolute atomic E-state index is 0.236. The largest absolute Gasteiger partial charge is 0.460 e. The van der Waals surface area contributed by atoms with Crippen LogP contribution in [0.5, 0.6) is 0 Å². The van der Waals surface area contributed by atoms with Crippen LogP contribution in [0.1, 0.15) is 34.6 Å². The van der Waals surface area contributed by atoms with Gasteiger partial charge in [-0.25, -0.2) is 4.98 Å². The van der Waals surface area contributed by atoms with Crippen LogP contribution < -0.4 is 0 Å². The summed E-state index contributed by atoms with van der Waals surface area (Å²) in [6, 6.07) is 14.3. The highest BCUT2D eigenvalue weighted by Gasteiger charge is 2.34. The molecule has 5 aromatic rings. The maximum absolute atomic E-state index is 12.9. The molecule has 0 bridgehead atoms. The summed E-state index contributed by atoms with van der Waals surface area (Å²) in [5.74, 6) is 1.41. The number of alkyl halides is 3. The summed E-state index contributed by atoms with van der Waals surface area (Å²) in [6.07, 6.45) is -2.19. The first-order valence-corrected chi connectivity index (χ1v) is 10.7. The van der Waals surface area contributed by atoms with Gasteiger partial charge >= 0.3 is 6.18 Å². The van der Waals surface area contributed by atoms with E-state index >= 15 is 0 Å². The number of fused-ring (bicyclic) bond motifs is 2. The smallest absolute Gasteiger partial charge is 0.416 e. The number of para-hydroxylation sites is 1. The van der Waals surface area contributed by atoms with Crippen molar-refractivity contribution in [2.75, 3.05) is 0 Å². The molecular weight excluding hydrogens is 447 g/mol. The third-order valence-electron chi connectivity index (χ3n) is 6.03. The minimum Gasteiger partial charge on any atom is -0.460 e. The van der Waals surface area contributed by atoms with Gasteiger partial charge in [-0.1, -0.05) is 35.5 Å². The van der Waals surface area contributed by atoms with Gasteiger partial charge in [0.2, 0.25) is 11.7 Å². The van der Waals surface area contributed by atoms with Crippen LogP contribution in [-0.4, -0.2) is 25.0 Å². The fraction of sp³-hybridized carbons (Fsp3) is 0.208. The lowest BCUT2D eigenvalue weighted by molar-refractivity contribution is -0.137. The van der Waals surface area contributed by atoms with Crippen LogP contribution in [0.3, 0.4) is 0 Å². The Morgan fingerprint density at radius 3 is 2.71 bits per heavy atom. The number of H-pyrrole nitrogens is 1. The molecule has 6 rings (SSSR count). The lowest BCUT2D eigenvalue weighted by Crippen LogP contribution is -2.34. The van der Waals surface area contributed by atoms with Crippen molar-refractivity contribution < 1.29 is 22.1 Å². The normalized spacial score (nSPS) is 16.7. The molecule has 0 saturated carbocycles. The molecule has 0 spiro atoms. The zero-order chi connectivity index (χ0) is 23.3. The molecule has 0 radical (unpaired) electrons. The average molecular weight is 465 g/mol. The Morgan fingerprint density at radius 2 is 1.91 bits per heavy atom. The summed E-state index contributed by atoms with van der Waals surface area (Å²) in [6.45, 7) is 1.09. The summed E-state index contributed by atoms with van der Waals surface area (Å²) < 4.78 is 50.2. The van der Waals surface area contributed by atoms with Crippen LogP contribution in [0.15, 0.2) is 69.9 Å². The maximum Gasteiger partial charge on any atom is 0.416 e. The molecule has 2 aromatic carbocycles. The standard InChI is InChI=1S/C24H18F3N5O2/c25-24(26,27)16-7-5-14(6-8-16)22-30-23(34-31-22)20-10-18-19(29-13-28-18)12-32(20)11-17-9-15-3-1-2-4-21(15)33-17/h1-9,13,20H,10-12H2,(H,28,29)/t20-/m0/s1. The summed E-state index contributed by atoms with van der Waals surface area (Å²) in [7, 11) is 0. The number of benzene rings is 2. The second-order valence-corrected chi connectivity index (χ2v) is 8.23. The number of rotatable bonds is 4. The quantitative estimate of drug-likeness (QED) is 0.376. The summed E-state index contributed by atoms with van der Waals surface area (Å²) in [5, 5.41) is 5.05. The Bertz CT molecular complexity index is 1420. The molecule has 0 aliphatic carbocycles. The predicted octanol–water partition coefficient (Wildman–Crippen LogP) is 5.52. The van der Waals surface area contributed by atoms with Gasteiger partial charge in [0, 0.05) is 23.9 Å². The zero-order valence-electron chi connectivity index (χ0n) is 17.7. The van der Waals surface area contributed by atoms with Gasteiger partial charge in [0.05, 0.1) is 35.9 Å². The average Bonchev–Trinajstić information content (AvgIpc) is 3.57. The number of aromatic amines is 1. The predicted molar refractivity (Wildman–Crippen MR) is 115 cm³/mol. The van der Waals surface area contributed by atoms with E-state index in [0.717, 1.165) is 40.3 Å². The maximum atomic E-state index is 12.9. The van der Waals surface area contributed by atoms with Crippen LogP contribution >= 0.6 is 0 Å². The Balaban J connectivity index is 1.30. The van der Waals surface area contributed by atoms with Gasteiger partial charge < -0.3 is 13.9 Å². The molecule has 172 valence electrons. The minimum atomic E-state index is -4.40. The van der Waals surface area contributed by atoms with E-state index in [-0.39, 0.29) is 11.9 Å². The lowest BCUT2D eigenvalue weighted by atomic mass is 10.0. The molecule has 10 heteroatoms. The highest BCUT2D eigenvalue weighted by Crippen LogP contribution is 2.35. The van der Waals surface area contributed by atoms with Crippen molar-refractivity contribution in [1.82, 2.24) is 25.0 Å². The van der Waals surface area contributed by atoms with Crippen LogP contribution in [0, 0.1) is 0 Å². The van der Waals surface area contributed by atoms with Gasteiger partial charge in [-0.05, 0) is 24.3 Å². The molecule has 3 aromatic heterocycles. The molecule has 0 unspecified atom stereocenters. The van der Waals surface area contributed by atoms with E-state index < -0.39 is 11.7 Å². The number of aromatic nitrogens is 4. The number of nitrogens with zero attached hydrogens (tertiary/aromatic N) is 4. The van der Waals surface area contributed by atoms with Gasteiger partial charge in [0.15, 0.2) is 0 Å². The lowest BCUT2D eigenvalue weighted by Gasteiger charge is -2.31. The molecule has 0 fully saturated rings. The van der Waals surface area contributed by atoms with Gasteiger partial charge in [-0.2, -0.15) is 18.2 Å². The van der Waals surface area contributed by atoms with Crippen molar-refractivity contribution in [2.45, 2.75) is 31.7 Å². The van der Waals surface area contributed by atoms with Gasteiger partial charge in [0.25, 0.3) is 0 Å². The number of furan rings is 1. The van der Waals surface area contributed by atoms with Gasteiger partial charge in [-0.3, -0.25) is 4.90 Å². The zero-order valence-corrected chi connectivity index (χ0v) is 17.7. The van der Waals surface area contributed by atoms with E-state index in [9.17, 15) is 13.2 Å². The molecule has 4 heterocycles. The first-order chi connectivity index (χ1) is 16.4. The van der Waals surface area contributed by atoms with E-state index in [1.165, 1.54) is 12.1 Å². The highest BCUT2D eigenvalue weighted by molar-refractivity contribution is 5.77. The SMILES string of the molecule is FC(F)(F)c1ccc(-c2noc([C@@H]3Cc4nc[nH]c4CN3Cc3cc4ccccc4o3)n2)cc1. The third-order valence-corrected chi connectivity index (χ3v) is 6.03. The fourth-order valence-corrected chi connectivity index (χ4v) is 4.31. The topological polar surface area (TPSA) is 84.0 Å². The van der Waals surface area contributed by atoms with Crippen molar-refractivity contribution in [2.24, 2.45) is 0 Å². The van der Waals surface area contributed by atoms with Gasteiger partial charge in [0.1, 0.15) is 11.3 Å². The molecule has 1 N–H and O–H groups in total. The third kappa shape index (κ3) is 3.75. The first-order valence-electron chi connectivity index (χ1n) is 10.7. The molecule has 0 saturated heterocycles. The van der Waals surface area contributed by atoms with Crippen molar-refractivity contribution in [3.05, 3.63) is 89.5 Å². The monoisotopic (exact) mass is 465 g/mol. The van der Waals surface area contributed by atoms with E-state index in [1.54, 1.807) is 6.33 Å². The van der Waals surface area contributed by atoms with E-state index in [0.29, 0.717) is 31.0 Å². The number of halogens is 3. The summed E-state index contributed by atoms with van der Waals surface area (Å²) >= 11 is 0. The van der Waals surface area contributed by atoms with Crippen molar-refractivity contribution >= 4 is 11.0 Å². The Morgan fingerprint density at radius 1 is 1.09 bits per heavy atom. The summed E-state index contributed by atoms with van der Waals surface area (Å²) in [5.41, 5.74) is 2.46. The second-order valence-electron chi connectivity index (χ2n) is 8.23. The number of imidazole rings is 1. The Hall–Kier alpha value is -3.92. The van der Waals surface area contributed by atoms with Crippen molar-refractivity contribution in [1.29, 1.82) is 0 Å². The molecule has 1 aliphatic rings. The molecule has 0 amide bonds. The fourth-order valence-electron chi connectivity index (χ4n) is 4.31. The highest BCUT2D eigenvalue weighted by atomic mass is 19.4. The van der Waals surface area contributed by atoms with E-state index in [1.807, 2.05) is 30.3 Å². The second kappa shape index (κ2) is 7.84. The number of hydrogen-bond acceptors (Lipinski definition) is 6. The number of hydrogen-bond donors (Lipinski definition) is 1. The molecule has 1 aliphatic heterocycles. The van der Waals surface area contributed by atoms with Crippen LogP contribution in [0.4, 0.5) is 13.2 Å². The van der Waals surface area contributed by atoms with Crippen LogP contribution in [-0.2, 0) is 25.7 Å². The summed E-state index contributed by atoms with van der Waals surface area (Å²) in [4.78, 5) is 14.3. The number of nitrogens with one attached hydrogen (secondary N) is 1. The Labute approximate surface area is 191 Å². The van der Waals surface area contributed by atoms with Crippen LogP contribution in [0.2, 0.25) is 0 Å².